The van der Waals surface area contributed by atoms with Gasteiger partial charge in [-0.25, -0.2) is 0 Å². The zero-order chi connectivity index (χ0) is 9.90. The lowest BCUT2D eigenvalue weighted by Gasteiger charge is -2.31. The van der Waals surface area contributed by atoms with E-state index in [1.54, 1.807) is 0 Å². The highest BCUT2D eigenvalue weighted by Gasteiger charge is 2.29. The van der Waals surface area contributed by atoms with Gasteiger partial charge in [0, 0.05) is 12.6 Å². The van der Waals surface area contributed by atoms with E-state index in [4.69, 9.17) is 5.11 Å². The third kappa shape index (κ3) is 2.93. The lowest BCUT2D eigenvalue weighted by Crippen LogP contribution is -2.43. The molecule has 0 saturated carbocycles. The fourth-order valence-corrected chi connectivity index (χ4v) is 1.86. The minimum absolute atomic E-state index is 0.222. The molecule has 2 N–H and O–H groups in total. The van der Waals surface area contributed by atoms with Crippen molar-refractivity contribution >= 4 is 0 Å². The Balaban J connectivity index is 2.43. The van der Waals surface area contributed by atoms with Gasteiger partial charge in [0.25, 0.3) is 0 Å². The third-order valence-corrected chi connectivity index (χ3v) is 3.02. The summed E-state index contributed by atoms with van der Waals surface area (Å²) in [5.74, 6) is 0. The van der Waals surface area contributed by atoms with Crippen molar-refractivity contribution in [3.05, 3.63) is 0 Å². The molecule has 0 amide bonds. The molecule has 1 fully saturated rings. The summed E-state index contributed by atoms with van der Waals surface area (Å²) in [5, 5.41) is 19.0. The molecule has 0 aromatic heterocycles. The molecule has 2 atom stereocenters. The SMILES string of the molecule is CCC(C)(O)CN1CCC[C@@H]1CO. The monoisotopic (exact) mass is 187 g/mol. The van der Waals surface area contributed by atoms with E-state index in [-0.39, 0.29) is 12.6 Å². The predicted molar refractivity (Wildman–Crippen MR) is 52.6 cm³/mol. The van der Waals surface area contributed by atoms with Crippen LogP contribution in [0.5, 0.6) is 0 Å². The molecule has 1 unspecified atom stereocenters. The number of likely N-dealkylation sites (tertiary alicyclic amines) is 1. The number of nitrogens with zero attached hydrogens (tertiary/aromatic N) is 1. The van der Waals surface area contributed by atoms with Gasteiger partial charge >= 0.3 is 0 Å². The quantitative estimate of drug-likeness (QED) is 0.677. The minimum Gasteiger partial charge on any atom is -0.395 e. The maximum absolute atomic E-state index is 9.87. The van der Waals surface area contributed by atoms with Gasteiger partial charge in [0.1, 0.15) is 0 Å². The second kappa shape index (κ2) is 4.40. The van der Waals surface area contributed by atoms with E-state index in [0.29, 0.717) is 6.54 Å². The summed E-state index contributed by atoms with van der Waals surface area (Å²) in [7, 11) is 0. The zero-order valence-electron chi connectivity index (χ0n) is 8.66. The Morgan fingerprint density at radius 1 is 1.54 bits per heavy atom. The van der Waals surface area contributed by atoms with Crippen molar-refractivity contribution in [2.45, 2.75) is 44.8 Å². The first-order valence-electron chi connectivity index (χ1n) is 5.16. The van der Waals surface area contributed by atoms with Crippen molar-refractivity contribution < 1.29 is 10.2 Å². The number of aliphatic hydroxyl groups excluding tert-OH is 1. The van der Waals surface area contributed by atoms with E-state index in [1.165, 1.54) is 0 Å². The Morgan fingerprint density at radius 3 is 2.77 bits per heavy atom. The van der Waals surface area contributed by atoms with E-state index in [2.05, 4.69) is 4.90 Å². The van der Waals surface area contributed by atoms with Gasteiger partial charge in [0.15, 0.2) is 0 Å². The highest BCUT2D eigenvalue weighted by Crippen LogP contribution is 2.20. The normalized spacial score (nSPS) is 29.1. The van der Waals surface area contributed by atoms with Crippen LogP contribution in [0.1, 0.15) is 33.1 Å². The van der Waals surface area contributed by atoms with Crippen LogP contribution in [-0.4, -0.2) is 46.5 Å². The molecule has 78 valence electrons. The van der Waals surface area contributed by atoms with Crippen LogP contribution < -0.4 is 0 Å². The number of hydrogen-bond donors (Lipinski definition) is 2. The van der Waals surface area contributed by atoms with Gasteiger partial charge in [-0.15, -0.1) is 0 Å². The average molecular weight is 187 g/mol. The molecule has 0 radical (unpaired) electrons. The Kier molecular flexibility index (Phi) is 3.71. The van der Waals surface area contributed by atoms with Gasteiger partial charge < -0.3 is 10.2 Å². The summed E-state index contributed by atoms with van der Waals surface area (Å²) in [6.07, 6.45) is 2.98. The molecule has 0 aromatic carbocycles. The fraction of sp³-hybridized carbons (Fsp3) is 1.00. The molecule has 0 aliphatic carbocycles. The van der Waals surface area contributed by atoms with Crippen molar-refractivity contribution in [2.75, 3.05) is 19.7 Å². The van der Waals surface area contributed by atoms with E-state index in [0.717, 1.165) is 25.8 Å². The lowest BCUT2D eigenvalue weighted by molar-refractivity contribution is 0.00585. The Labute approximate surface area is 80.4 Å². The van der Waals surface area contributed by atoms with Crippen LogP contribution in [0.3, 0.4) is 0 Å². The number of aliphatic hydroxyl groups is 2. The molecule has 0 spiro atoms. The number of β-amino-alcohol motifs (C(OH)–C–C–N with tert-alkyl or cyclic N) is 1. The molecule has 0 bridgehead atoms. The van der Waals surface area contributed by atoms with Gasteiger partial charge in [-0.3, -0.25) is 4.90 Å². The highest BCUT2D eigenvalue weighted by atomic mass is 16.3. The first-order chi connectivity index (χ1) is 6.09. The van der Waals surface area contributed by atoms with Crippen molar-refractivity contribution in [1.29, 1.82) is 0 Å². The van der Waals surface area contributed by atoms with Crippen LogP contribution >= 0.6 is 0 Å². The molecule has 1 heterocycles. The smallest absolute Gasteiger partial charge is 0.0743 e. The van der Waals surface area contributed by atoms with Gasteiger partial charge in [-0.05, 0) is 32.7 Å². The van der Waals surface area contributed by atoms with Crippen molar-refractivity contribution in [3.8, 4) is 0 Å². The Hall–Kier alpha value is -0.120. The van der Waals surface area contributed by atoms with Crippen LogP contribution in [0.25, 0.3) is 0 Å². The highest BCUT2D eigenvalue weighted by molar-refractivity contribution is 4.84. The van der Waals surface area contributed by atoms with Crippen molar-refractivity contribution in [3.63, 3.8) is 0 Å². The van der Waals surface area contributed by atoms with E-state index < -0.39 is 5.60 Å². The van der Waals surface area contributed by atoms with Crippen molar-refractivity contribution in [1.82, 2.24) is 4.90 Å². The van der Waals surface area contributed by atoms with Crippen LogP contribution in [0.15, 0.2) is 0 Å². The minimum atomic E-state index is -0.599. The van der Waals surface area contributed by atoms with Gasteiger partial charge in [-0.1, -0.05) is 6.92 Å². The summed E-state index contributed by atoms with van der Waals surface area (Å²) < 4.78 is 0. The maximum Gasteiger partial charge on any atom is 0.0743 e. The first kappa shape index (κ1) is 11.0. The molecular formula is C10H21NO2. The predicted octanol–water partition coefficient (Wildman–Crippen LogP) is 0.604. The second-order valence-corrected chi connectivity index (χ2v) is 4.30. The molecule has 1 aliphatic heterocycles. The number of rotatable bonds is 4. The summed E-state index contributed by atoms with van der Waals surface area (Å²) in [5.41, 5.74) is -0.599. The van der Waals surface area contributed by atoms with Crippen molar-refractivity contribution in [2.24, 2.45) is 0 Å². The molecule has 3 heteroatoms. The molecule has 1 aliphatic rings. The summed E-state index contributed by atoms with van der Waals surface area (Å²) in [6, 6.07) is 0.276. The van der Waals surface area contributed by atoms with Crippen LogP contribution in [0.4, 0.5) is 0 Å². The maximum atomic E-state index is 9.87. The Bertz CT molecular complexity index is 159. The number of hydrogen-bond acceptors (Lipinski definition) is 3. The average Bonchev–Trinajstić information content (AvgIpc) is 2.51. The van der Waals surface area contributed by atoms with E-state index >= 15 is 0 Å². The van der Waals surface area contributed by atoms with Crippen LogP contribution in [0.2, 0.25) is 0 Å². The van der Waals surface area contributed by atoms with Gasteiger partial charge in [-0.2, -0.15) is 0 Å². The molecule has 1 saturated heterocycles. The first-order valence-corrected chi connectivity index (χ1v) is 5.16. The molecular weight excluding hydrogens is 166 g/mol. The van der Waals surface area contributed by atoms with Crippen LogP contribution in [0, 0.1) is 0 Å². The standard InChI is InChI=1S/C10H21NO2/c1-3-10(2,13)8-11-6-4-5-9(11)7-12/h9,12-13H,3-8H2,1-2H3/t9-,10?/m1/s1. The summed E-state index contributed by atoms with van der Waals surface area (Å²) in [4.78, 5) is 2.20. The van der Waals surface area contributed by atoms with E-state index in [1.807, 2.05) is 13.8 Å². The molecule has 13 heavy (non-hydrogen) atoms. The van der Waals surface area contributed by atoms with Crippen LogP contribution in [-0.2, 0) is 0 Å². The fourth-order valence-electron chi connectivity index (χ4n) is 1.86. The van der Waals surface area contributed by atoms with E-state index in [9.17, 15) is 5.11 Å². The largest absolute Gasteiger partial charge is 0.395 e. The second-order valence-electron chi connectivity index (χ2n) is 4.30. The topological polar surface area (TPSA) is 43.7 Å². The molecule has 1 rings (SSSR count). The molecule has 0 aromatic rings. The van der Waals surface area contributed by atoms with Gasteiger partial charge in [0.05, 0.1) is 12.2 Å². The molecule has 3 nitrogen and oxygen atoms in total. The lowest BCUT2D eigenvalue weighted by atomic mass is 10.0. The van der Waals surface area contributed by atoms with Gasteiger partial charge in [0.2, 0.25) is 0 Å². The summed E-state index contributed by atoms with van der Waals surface area (Å²) in [6.45, 7) is 5.78. The third-order valence-electron chi connectivity index (χ3n) is 3.02. The summed E-state index contributed by atoms with van der Waals surface area (Å²) >= 11 is 0. The zero-order valence-corrected chi connectivity index (χ0v) is 8.66. The Morgan fingerprint density at radius 2 is 2.23 bits per heavy atom.